The molecular weight excluding hydrogens is 196 g/mol. The molecular formula is C11H11ClN2. The highest BCUT2D eigenvalue weighted by molar-refractivity contribution is 6.30. The van der Waals surface area contributed by atoms with Crippen LogP contribution in [-0.4, -0.2) is 6.21 Å². The number of hydrogen-bond donors (Lipinski definition) is 0. The average Bonchev–Trinajstić information content (AvgIpc) is 2.47. The molecule has 0 atom stereocenters. The Labute approximate surface area is 88.5 Å². The van der Waals surface area contributed by atoms with Gasteiger partial charge in [0.15, 0.2) is 0 Å². The standard InChI is InChI=1S/C11H11ClN2/c12-10-4-6-11(7-5-10)14-9-3-1-2-8-13-14/h3-9H,1-2H2. The van der Waals surface area contributed by atoms with E-state index >= 15 is 0 Å². The molecule has 72 valence electrons. The van der Waals surface area contributed by atoms with Gasteiger partial charge in [0.2, 0.25) is 0 Å². The normalized spacial score (nSPS) is 15.6. The van der Waals surface area contributed by atoms with E-state index in [-0.39, 0.29) is 0 Å². The first kappa shape index (κ1) is 9.28. The predicted octanol–water partition coefficient (Wildman–Crippen LogP) is 3.44. The van der Waals surface area contributed by atoms with E-state index in [1.165, 1.54) is 0 Å². The van der Waals surface area contributed by atoms with Crippen molar-refractivity contribution in [3.05, 3.63) is 41.6 Å². The molecule has 2 rings (SSSR count). The fourth-order valence-corrected chi connectivity index (χ4v) is 1.40. The highest BCUT2D eigenvalue weighted by Crippen LogP contribution is 2.19. The third-order valence-electron chi connectivity index (χ3n) is 2.01. The lowest BCUT2D eigenvalue weighted by Crippen LogP contribution is -2.05. The maximum Gasteiger partial charge on any atom is 0.0646 e. The van der Waals surface area contributed by atoms with Crippen LogP contribution in [-0.2, 0) is 0 Å². The second-order valence-electron chi connectivity index (χ2n) is 3.08. The molecule has 1 aliphatic rings. The summed E-state index contributed by atoms with van der Waals surface area (Å²) in [5, 5.41) is 6.90. The Morgan fingerprint density at radius 3 is 2.71 bits per heavy atom. The zero-order valence-electron chi connectivity index (χ0n) is 7.73. The molecule has 0 N–H and O–H groups in total. The molecule has 0 saturated carbocycles. The van der Waals surface area contributed by atoms with Crippen LogP contribution < -0.4 is 5.01 Å². The quantitative estimate of drug-likeness (QED) is 0.687. The fraction of sp³-hybridized carbons (Fsp3) is 0.182. The van der Waals surface area contributed by atoms with Crippen LogP contribution in [0, 0.1) is 0 Å². The first-order valence-corrected chi connectivity index (χ1v) is 4.98. The van der Waals surface area contributed by atoms with E-state index in [0.29, 0.717) is 0 Å². The zero-order valence-corrected chi connectivity index (χ0v) is 8.48. The Morgan fingerprint density at radius 2 is 1.93 bits per heavy atom. The molecule has 0 fully saturated rings. The summed E-state index contributed by atoms with van der Waals surface area (Å²) in [5.41, 5.74) is 1.03. The van der Waals surface area contributed by atoms with Gasteiger partial charge in [-0.15, -0.1) is 0 Å². The molecule has 3 heteroatoms. The number of rotatable bonds is 1. The van der Waals surface area contributed by atoms with E-state index in [2.05, 4.69) is 11.2 Å². The van der Waals surface area contributed by atoms with Gasteiger partial charge in [-0.25, -0.2) is 5.01 Å². The molecule has 0 saturated heterocycles. The van der Waals surface area contributed by atoms with E-state index in [1.807, 2.05) is 41.7 Å². The SMILES string of the molecule is Clc1ccc(N2C=CCCC=N2)cc1. The molecule has 0 radical (unpaired) electrons. The van der Waals surface area contributed by atoms with E-state index in [1.54, 1.807) is 0 Å². The maximum absolute atomic E-state index is 5.81. The minimum absolute atomic E-state index is 0.747. The smallest absolute Gasteiger partial charge is 0.0646 e. The van der Waals surface area contributed by atoms with Gasteiger partial charge >= 0.3 is 0 Å². The lowest BCUT2D eigenvalue weighted by Gasteiger charge is -2.12. The van der Waals surface area contributed by atoms with Crippen molar-refractivity contribution in [3.63, 3.8) is 0 Å². The van der Waals surface area contributed by atoms with Crippen molar-refractivity contribution in [3.8, 4) is 0 Å². The molecule has 2 nitrogen and oxygen atoms in total. The lowest BCUT2D eigenvalue weighted by molar-refractivity contribution is 1.09. The Kier molecular flexibility index (Phi) is 2.84. The summed E-state index contributed by atoms with van der Waals surface area (Å²) < 4.78 is 0. The van der Waals surface area contributed by atoms with Gasteiger partial charge in [0.05, 0.1) is 5.69 Å². The highest BCUT2D eigenvalue weighted by Gasteiger charge is 2.01. The van der Waals surface area contributed by atoms with Crippen LogP contribution in [0.3, 0.4) is 0 Å². The maximum atomic E-state index is 5.81. The minimum Gasteiger partial charge on any atom is -0.242 e. The summed E-state index contributed by atoms with van der Waals surface area (Å²) >= 11 is 5.81. The van der Waals surface area contributed by atoms with Crippen LogP contribution in [0.15, 0.2) is 41.6 Å². The minimum atomic E-state index is 0.747. The van der Waals surface area contributed by atoms with Gasteiger partial charge in [-0.1, -0.05) is 17.7 Å². The molecule has 1 aromatic carbocycles. The first-order valence-electron chi connectivity index (χ1n) is 4.60. The molecule has 1 heterocycles. The summed E-state index contributed by atoms with van der Waals surface area (Å²) in [5.74, 6) is 0. The number of hydrazone groups is 1. The summed E-state index contributed by atoms with van der Waals surface area (Å²) in [6.07, 6.45) is 8.07. The van der Waals surface area contributed by atoms with Gasteiger partial charge in [-0.05, 0) is 37.1 Å². The number of halogens is 1. The van der Waals surface area contributed by atoms with Crippen molar-refractivity contribution in [1.29, 1.82) is 0 Å². The van der Waals surface area contributed by atoms with Crippen molar-refractivity contribution in [2.45, 2.75) is 12.8 Å². The molecule has 0 aliphatic carbocycles. The van der Waals surface area contributed by atoms with Crippen LogP contribution in [0.4, 0.5) is 5.69 Å². The third-order valence-corrected chi connectivity index (χ3v) is 2.26. The topological polar surface area (TPSA) is 15.6 Å². The molecule has 0 aromatic heterocycles. The van der Waals surface area contributed by atoms with Gasteiger partial charge in [0.25, 0.3) is 0 Å². The van der Waals surface area contributed by atoms with E-state index in [4.69, 9.17) is 11.6 Å². The van der Waals surface area contributed by atoms with Crippen LogP contribution in [0.2, 0.25) is 5.02 Å². The first-order chi connectivity index (χ1) is 6.86. The Balaban J connectivity index is 2.25. The van der Waals surface area contributed by atoms with Gasteiger partial charge in [-0.3, -0.25) is 0 Å². The summed E-state index contributed by atoms with van der Waals surface area (Å²) in [6, 6.07) is 7.64. The van der Waals surface area contributed by atoms with Crippen LogP contribution in [0.25, 0.3) is 0 Å². The van der Waals surface area contributed by atoms with Crippen molar-refractivity contribution in [2.75, 3.05) is 5.01 Å². The Bertz CT molecular complexity index is 340. The molecule has 14 heavy (non-hydrogen) atoms. The second kappa shape index (κ2) is 4.29. The highest BCUT2D eigenvalue weighted by atomic mass is 35.5. The van der Waals surface area contributed by atoms with Gasteiger partial charge in [0, 0.05) is 17.4 Å². The Morgan fingerprint density at radius 1 is 1.14 bits per heavy atom. The second-order valence-corrected chi connectivity index (χ2v) is 3.52. The largest absolute Gasteiger partial charge is 0.242 e. The predicted molar refractivity (Wildman–Crippen MR) is 60.8 cm³/mol. The van der Waals surface area contributed by atoms with Crippen molar-refractivity contribution in [1.82, 2.24) is 0 Å². The summed E-state index contributed by atoms with van der Waals surface area (Å²) in [7, 11) is 0. The number of anilines is 1. The number of hydrogen-bond acceptors (Lipinski definition) is 2. The van der Waals surface area contributed by atoms with Crippen LogP contribution >= 0.6 is 11.6 Å². The Hall–Kier alpha value is -1.28. The van der Waals surface area contributed by atoms with Crippen LogP contribution in [0.1, 0.15) is 12.8 Å². The fourth-order valence-electron chi connectivity index (χ4n) is 1.28. The van der Waals surface area contributed by atoms with Crippen LogP contribution in [0.5, 0.6) is 0 Å². The van der Waals surface area contributed by atoms with E-state index in [0.717, 1.165) is 23.6 Å². The summed E-state index contributed by atoms with van der Waals surface area (Å²) in [4.78, 5) is 0. The lowest BCUT2D eigenvalue weighted by atomic mass is 10.3. The van der Waals surface area contributed by atoms with Gasteiger partial charge < -0.3 is 0 Å². The van der Waals surface area contributed by atoms with E-state index in [9.17, 15) is 0 Å². The van der Waals surface area contributed by atoms with E-state index < -0.39 is 0 Å². The van der Waals surface area contributed by atoms with Gasteiger partial charge in [-0.2, -0.15) is 5.10 Å². The van der Waals surface area contributed by atoms with Crippen molar-refractivity contribution >= 4 is 23.5 Å². The third kappa shape index (κ3) is 2.15. The molecule has 0 spiro atoms. The average molecular weight is 207 g/mol. The summed E-state index contributed by atoms with van der Waals surface area (Å²) in [6.45, 7) is 0. The molecule has 1 aliphatic heterocycles. The van der Waals surface area contributed by atoms with Crippen molar-refractivity contribution < 1.29 is 0 Å². The van der Waals surface area contributed by atoms with Crippen molar-refractivity contribution in [2.24, 2.45) is 5.10 Å². The number of benzene rings is 1. The zero-order chi connectivity index (χ0) is 9.80. The monoisotopic (exact) mass is 206 g/mol. The van der Waals surface area contributed by atoms with Gasteiger partial charge in [0.1, 0.15) is 0 Å². The molecule has 1 aromatic rings. The molecule has 0 bridgehead atoms. The molecule has 0 amide bonds. The number of allylic oxidation sites excluding steroid dienone is 1. The molecule has 0 unspecified atom stereocenters. The number of nitrogens with zero attached hydrogens (tertiary/aromatic N) is 2.